The number of morpholine rings is 1. The number of hydrogen-bond donors (Lipinski definition) is 0. The summed E-state index contributed by atoms with van der Waals surface area (Å²) in [4.78, 5) is 17.0. The maximum Gasteiger partial charge on any atom is 0.266 e. The van der Waals surface area contributed by atoms with Crippen molar-refractivity contribution in [1.82, 2.24) is 19.6 Å². The highest BCUT2D eigenvalue weighted by Gasteiger charge is 2.28. The highest BCUT2D eigenvalue weighted by Crippen LogP contribution is 2.20. The normalized spacial score (nSPS) is 21.0. The smallest absolute Gasteiger partial charge is 0.266 e. The first-order valence-electron chi connectivity index (χ1n) is 9.03. The van der Waals surface area contributed by atoms with Crippen molar-refractivity contribution in [1.29, 1.82) is 0 Å². The molecule has 2 saturated heterocycles. The van der Waals surface area contributed by atoms with Gasteiger partial charge in [-0.3, -0.25) is 9.69 Å². The lowest BCUT2D eigenvalue weighted by Gasteiger charge is -2.40. The second-order valence-corrected chi connectivity index (χ2v) is 8.07. The summed E-state index contributed by atoms with van der Waals surface area (Å²) in [5, 5.41) is 4.57. The molecule has 2 aliphatic rings. The summed E-state index contributed by atoms with van der Waals surface area (Å²) >= 11 is 0. The zero-order valence-electron chi connectivity index (χ0n) is 15.2. The number of hydrogen-bond acceptors (Lipinski definition) is 5. The minimum Gasteiger partial charge on any atom is -0.379 e. The Bertz CT molecular complexity index is 596. The van der Waals surface area contributed by atoms with Crippen LogP contribution in [0, 0.1) is 5.92 Å². The van der Waals surface area contributed by atoms with E-state index in [1.807, 2.05) is 6.07 Å². The number of ether oxygens (including phenoxy) is 1. The summed E-state index contributed by atoms with van der Waals surface area (Å²) in [6.45, 7) is 15.3. The van der Waals surface area contributed by atoms with Crippen LogP contribution in [-0.2, 0) is 16.7 Å². The van der Waals surface area contributed by atoms with Gasteiger partial charge in [-0.05, 0) is 6.07 Å². The van der Waals surface area contributed by atoms with Gasteiger partial charge in [-0.15, -0.1) is 0 Å². The summed E-state index contributed by atoms with van der Waals surface area (Å²) in [6.07, 6.45) is 0. The largest absolute Gasteiger partial charge is 0.379 e. The maximum absolute atomic E-state index is 12.1. The van der Waals surface area contributed by atoms with E-state index in [1.165, 1.54) is 0 Å². The molecule has 0 aromatic carbocycles. The molecule has 6 nitrogen and oxygen atoms in total. The van der Waals surface area contributed by atoms with Crippen LogP contribution in [0.1, 0.15) is 26.5 Å². The Hall–Kier alpha value is -1.24. The third kappa shape index (κ3) is 4.43. The number of likely N-dealkylation sites (tertiary alicyclic amines) is 1. The van der Waals surface area contributed by atoms with Crippen LogP contribution in [0.25, 0.3) is 0 Å². The van der Waals surface area contributed by atoms with E-state index in [2.05, 4.69) is 35.7 Å². The van der Waals surface area contributed by atoms with Crippen LogP contribution in [0.5, 0.6) is 0 Å². The van der Waals surface area contributed by atoms with Crippen LogP contribution in [0.3, 0.4) is 0 Å². The quantitative estimate of drug-likeness (QED) is 0.797. The van der Waals surface area contributed by atoms with Gasteiger partial charge in [0.2, 0.25) is 0 Å². The van der Waals surface area contributed by atoms with E-state index in [9.17, 15) is 4.79 Å². The van der Waals surface area contributed by atoms with Gasteiger partial charge in [0.25, 0.3) is 5.56 Å². The summed E-state index contributed by atoms with van der Waals surface area (Å²) in [6, 6.07) is 3.51. The molecule has 0 aliphatic carbocycles. The third-order valence-electron chi connectivity index (χ3n) is 4.94. The second kappa shape index (κ2) is 7.33. The monoisotopic (exact) mass is 334 g/mol. The molecule has 24 heavy (non-hydrogen) atoms. The van der Waals surface area contributed by atoms with E-state index in [1.54, 1.807) is 10.7 Å². The Kier molecular flexibility index (Phi) is 5.37. The number of rotatable bonds is 5. The Balaban J connectivity index is 1.46. The molecule has 0 bridgehead atoms. The van der Waals surface area contributed by atoms with E-state index >= 15 is 0 Å². The van der Waals surface area contributed by atoms with Gasteiger partial charge in [0.15, 0.2) is 0 Å². The fraction of sp³-hybridized carbons (Fsp3) is 0.778. The molecule has 0 saturated carbocycles. The highest BCUT2D eigenvalue weighted by atomic mass is 16.5. The topological polar surface area (TPSA) is 50.6 Å². The lowest BCUT2D eigenvalue weighted by molar-refractivity contribution is 0.0202. The van der Waals surface area contributed by atoms with Gasteiger partial charge in [-0.1, -0.05) is 20.8 Å². The predicted molar refractivity (Wildman–Crippen MR) is 94.4 cm³/mol. The summed E-state index contributed by atoms with van der Waals surface area (Å²) < 4.78 is 7.04. The number of aromatic nitrogens is 2. The van der Waals surface area contributed by atoms with Crippen molar-refractivity contribution in [3.63, 3.8) is 0 Å². The summed E-state index contributed by atoms with van der Waals surface area (Å²) in [5.41, 5.74) is 0.958. The Labute approximate surface area is 144 Å². The molecule has 0 unspecified atom stereocenters. The van der Waals surface area contributed by atoms with Crippen molar-refractivity contribution in [3.05, 3.63) is 28.2 Å². The molecule has 2 fully saturated rings. The molecule has 1 aromatic rings. The number of nitrogens with zero attached hydrogens (tertiary/aromatic N) is 4. The maximum atomic E-state index is 12.1. The third-order valence-corrected chi connectivity index (χ3v) is 4.94. The molecule has 6 heteroatoms. The van der Waals surface area contributed by atoms with Crippen LogP contribution < -0.4 is 5.56 Å². The van der Waals surface area contributed by atoms with Crippen molar-refractivity contribution in [2.45, 2.75) is 32.7 Å². The van der Waals surface area contributed by atoms with E-state index in [0.29, 0.717) is 5.92 Å². The average molecular weight is 334 g/mol. The molecular weight excluding hydrogens is 304 g/mol. The zero-order chi connectivity index (χ0) is 17.2. The molecule has 0 N–H and O–H groups in total. The van der Waals surface area contributed by atoms with Gasteiger partial charge >= 0.3 is 0 Å². The van der Waals surface area contributed by atoms with Crippen LogP contribution in [-0.4, -0.2) is 72.1 Å². The van der Waals surface area contributed by atoms with Gasteiger partial charge in [0.05, 0.1) is 25.5 Å². The van der Waals surface area contributed by atoms with Crippen molar-refractivity contribution in [2.75, 3.05) is 52.5 Å². The van der Waals surface area contributed by atoms with Crippen molar-refractivity contribution in [2.24, 2.45) is 5.92 Å². The second-order valence-electron chi connectivity index (χ2n) is 8.07. The molecule has 3 rings (SSSR count). The first-order chi connectivity index (χ1) is 11.4. The minimum atomic E-state index is -0.0285. The van der Waals surface area contributed by atoms with Crippen molar-refractivity contribution >= 4 is 0 Å². The average Bonchev–Trinajstić information content (AvgIpc) is 2.51. The molecular formula is C18H30N4O2. The van der Waals surface area contributed by atoms with Crippen molar-refractivity contribution in [3.8, 4) is 0 Å². The van der Waals surface area contributed by atoms with Crippen LogP contribution in [0.4, 0.5) is 0 Å². The van der Waals surface area contributed by atoms with E-state index in [-0.39, 0.29) is 11.0 Å². The SMILES string of the molecule is CC(C)(C)c1ccc(=O)n(CC2CN(CCN3CCOCC3)C2)n1. The molecule has 0 atom stereocenters. The molecule has 0 spiro atoms. The van der Waals surface area contributed by atoms with Gasteiger partial charge in [0.1, 0.15) is 0 Å². The molecule has 3 heterocycles. The molecule has 0 amide bonds. The molecule has 0 radical (unpaired) electrons. The van der Waals surface area contributed by atoms with E-state index < -0.39 is 0 Å². The Morgan fingerprint density at radius 1 is 1.12 bits per heavy atom. The van der Waals surface area contributed by atoms with E-state index in [4.69, 9.17) is 4.74 Å². The van der Waals surface area contributed by atoms with E-state index in [0.717, 1.165) is 64.7 Å². The Morgan fingerprint density at radius 3 is 2.46 bits per heavy atom. The standard InChI is InChI=1S/C18H30N4O2/c1-18(2,3)16-4-5-17(23)22(19-16)14-15-12-21(13-15)7-6-20-8-10-24-11-9-20/h4-5,15H,6-14H2,1-3H3. The fourth-order valence-electron chi connectivity index (χ4n) is 3.31. The van der Waals surface area contributed by atoms with Crippen LogP contribution in [0.15, 0.2) is 16.9 Å². The van der Waals surface area contributed by atoms with Gasteiger partial charge in [-0.25, -0.2) is 4.68 Å². The first kappa shape index (κ1) is 17.6. The highest BCUT2D eigenvalue weighted by molar-refractivity contribution is 5.10. The summed E-state index contributed by atoms with van der Waals surface area (Å²) in [7, 11) is 0. The van der Waals surface area contributed by atoms with Crippen LogP contribution in [0.2, 0.25) is 0 Å². The predicted octanol–water partition coefficient (Wildman–Crippen LogP) is 0.805. The van der Waals surface area contributed by atoms with Crippen molar-refractivity contribution < 1.29 is 4.74 Å². The minimum absolute atomic E-state index is 0.00904. The molecule has 1 aromatic heterocycles. The fourth-order valence-corrected chi connectivity index (χ4v) is 3.31. The zero-order valence-corrected chi connectivity index (χ0v) is 15.2. The van der Waals surface area contributed by atoms with Gasteiger partial charge in [-0.2, -0.15) is 5.10 Å². The van der Waals surface area contributed by atoms with Gasteiger partial charge < -0.3 is 9.64 Å². The molecule has 2 aliphatic heterocycles. The lowest BCUT2D eigenvalue weighted by atomic mass is 9.92. The summed E-state index contributed by atoms with van der Waals surface area (Å²) in [5.74, 6) is 0.537. The van der Waals surface area contributed by atoms with Crippen LogP contribution >= 0.6 is 0 Å². The Morgan fingerprint density at radius 2 is 1.79 bits per heavy atom. The first-order valence-corrected chi connectivity index (χ1v) is 9.03. The lowest BCUT2D eigenvalue weighted by Crippen LogP contribution is -2.52. The van der Waals surface area contributed by atoms with Gasteiger partial charge in [0, 0.05) is 56.7 Å². The molecule has 134 valence electrons.